The highest BCUT2D eigenvalue weighted by atomic mass is 32.1. The van der Waals surface area contributed by atoms with Gasteiger partial charge in [0.1, 0.15) is 5.00 Å². The predicted octanol–water partition coefficient (Wildman–Crippen LogP) is 6.40. The monoisotopic (exact) mass is 413 g/mol. The van der Waals surface area contributed by atoms with Crippen LogP contribution < -0.4 is 5.32 Å². The number of esters is 1. The summed E-state index contributed by atoms with van der Waals surface area (Å²) in [5.74, 6) is -0.506. The summed E-state index contributed by atoms with van der Waals surface area (Å²) in [5.41, 5.74) is 2.26. The van der Waals surface area contributed by atoms with Crippen molar-refractivity contribution in [2.24, 2.45) is 0 Å². The average molecular weight is 414 g/mol. The van der Waals surface area contributed by atoms with Crippen molar-refractivity contribution in [2.75, 3.05) is 11.9 Å². The number of hydrogen-bond acceptors (Lipinski definition) is 4. The number of rotatable bonds is 4. The lowest BCUT2D eigenvalue weighted by molar-refractivity contribution is 0.0526. The molecule has 1 aliphatic rings. The molecule has 1 amide bonds. The van der Waals surface area contributed by atoms with Gasteiger partial charge in [0.25, 0.3) is 5.91 Å². The quantitative estimate of drug-likeness (QED) is 0.590. The normalized spacial score (nSPS) is 15.5. The van der Waals surface area contributed by atoms with E-state index in [2.05, 4.69) is 5.32 Å². The Morgan fingerprint density at radius 2 is 1.55 bits per heavy atom. The number of anilines is 1. The van der Waals surface area contributed by atoms with E-state index >= 15 is 0 Å². The van der Waals surface area contributed by atoms with Gasteiger partial charge < -0.3 is 10.1 Å². The smallest absolute Gasteiger partial charge is 0.341 e. The SMILES string of the molecule is CCOC(=O)c1c(NC(=O)c2ccccc2)sc2c1CCCCCCCCCC2. The number of thiophene rings is 1. The third kappa shape index (κ3) is 5.92. The Morgan fingerprint density at radius 3 is 2.21 bits per heavy atom. The van der Waals surface area contributed by atoms with Crippen molar-refractivity contribution in [3.63, 3.8) is 0 Å². The molecule has 1 aromatic carbocycles. The van der Waals surface area contributed by atoms with Crippen molar-refractivity contribution in [1.82, 2.24) is 0 Å². The van der Waals surface area contributed by atoms with Crippen LogP contribution in [0.5, 0.6) is 0 Å². The minimum Gasteiger partial charge on any atom is -0.462 e. The third-order valence-corrected chi connectivity index (χ3v) is 6.62. The van der Waals surface area contributed by atoms with Gasteiger partial charge in [-0.15, -0.1) is 11.3 Å². The van der Waals surface area contributed by atoms with Crippen molar-refractivity contribution < 1.29 is 14.3 Å². The number of fused-ring (bicyclic) bond motifs is 1. The van der Waals surface area contributed by atoms with Crippen LogP contribution in [0.4, 0.5) is 5.00 Å². The van der Waals surface area contributed by atoms with Crippen molar-refractivity contribution in [1.29, 1.82) is 0 Å². The summed E-state index contributed by atoms with van der Waals surface area (Å²) in [5, 5.41) is 3.64. The van der Waals surface area contributed by atoms with E-state index in [0.717, 1.165) is 31.2 Å². The predicted molar refractivity (Wildman–Crippen MR) is 119 cm³/mol. The number of carbonyl (C=O) groups is 2. The molecule has 156 valence electrons. The lowest BCUT2D eigenvalue weighted by atomic mass is 9.97. The van der Waals surface area contributed by atoms with Crippen LogP contribution in [0.3, 0.4) is 0 Å². The lowest BCUT2D eigenvalue weighted by Gasteiger charge is -2.10. The molecule has 0 bridgehead atoms. The minimum absolute atomic E-state index is 0.187. The van der Waals surface area contributed by atoms with E-state index in [4.69, 9.17) is 4.74 Å². The van der Waals surface area contributed by atoms with Gasteiger partial charge in [-0.3, -0.25) is 4.79 Å². The maximum atomic E-state index is 12.8. The van der Waals surface area contributed by atoms with Crippen LogP contribution in [0.15, 0.2) is 30.3 Å². The van der Waals surface area contributed by atoms with E-state index in [1.165, 1.54) is 43.4 Å². The van der Waals surface area contributed by atoms with Gasteiger partial charge in [0, 0.05) is 10.4 Å². The number of ether oxygens (including phenoxy) is 1. The van der Waals surface area contributed by atoms with Crippen molar-refractivity contribution >= 4 is 28.2 Å². The molecule has 1 heterocycles. The molecule has 2 aromatic rings. The summed E-state index contributed by atoms with van der Waals surface area (Å²) >= 11 is 1.56. The second kappa shape index (κ2) is 11.1. The fourth-order valence-electron chi connectivity index (χ4n) is 3.90. The zero-order valence-corrected chi connectivity index (χ0v) is 18.1. The molecule has 3 rings (SSSR count). The molecular formula is C24H31NO3S. The van der Waals surface area contributed by atoms with Crippen LogP contribution in [0, 0.1) is 0 Å². The van der Waals surface area contributed by atoms with Crippen molar-refractivity contribution in [3.8, 4) is 0 Å². The number of nitrogens with one attached hydrogen (secondary N) is 1. The fourth-order valence-corrected chi connectivity index (χ4v) is 5.17. The molecule has 5 heteroatoms. The van der Waals surface area contributed by atoms with E-state index in [0.29, 0.717) is 22.7 Å². The second-order valence-corrected chi connectivity index (χ2v) is 8.68. The summed E-state index contributed by atoms with van der Waals surface area (Å²) in [7, 11) is 0. The van der Waals surface area contributed by atoms with Gasteiger partial charge >= 0.3 is 5.97 Å². The van der Waals surface area contributed by atoms with Gasteiger partial charge in [0.15, 0.2) is 0 Å². The molecule has 29 heavy (non-hydrogen) atoms. The molecule has 0 atom stereocenters. The first-order valence-electron chi connectivity index (χ1n) is 10.9. The summed E-state index contributed by atoms with van der Waals surface area (Å²) in [6.07, 6.45) is 11.6. The Balaban J connectivity index is 1.92. The van der Waals surface area contributed by atoms with E-state index in [-0.39, 0.29) is 11.9 Å². The van der Waals surface area contributed by atoms with E-state index < -0.39 is 0 Å². The molecule has 0 saturated heterocycles. The Labute approximate surface area is 177 Å². The van der Waals surface area contributed by atoms with Crippen LogP contribution in [0.1, 0.15) is 89.4 Å². The highest BCUT2D eigenvalue weighted by molar-refractivity contribution is 7.17. The maximum absolute atomic E-state index is 12.8. The summed E-state index contributed by atoms with van der Waals surface area (Å²) in [4.78, 5) is 26.8. The van der Waals surface area contributed by atoms with Crippen LogP contribution in [0.2, 0.25) is 0 Å². The van der Waals surface area contributed by atoms with E-state index in [9.17, 15) is 9.59 Å². The van der Waals surface area contributed by atoms with Gasteiger partial charge in [-0.25, -0.2) is 4.79 Å². The number of hydrogen-bond donors (Lipinski definition) is 1. The molecule has 0 aliphatic heterocycles. The Hall–Kier alpha value is -2.14. The molecule has 0 unspecified atom stereocenters. The molecule has 0 fully saturated rings. The van der Waals surface area contributed by atoms with Crippen LogP contribution in [-0.4, -0.2) is 18.5 Å². The number of amides is 1. The topological polar surface area (TPSA) is 55.4 Å². The number of carbonyl (C=O) groups excluding carboxylic acids is 2. The molecule has 4 nitrogen and oxygen atoms in total. The van der Waals surface area contributed by atoms with E-state index in [1.54, 1.807) is 23.5 Å². The van der Waals surface area contributed by atoms with E-state index in [1.807, 2.05) is 25.1 Å². The van der Waals surface area contributed by atoms with Crippen molar-refractivity contribution in [3.05, 3.63) is 51.9 Å². The first kappa shape index (κ1) is 21.6. The highest BCUT2D eigenvalue weighted by Crippen LogP contribution is 2.37. The molecule has 1 aromatic heterocycles. The molecule has 1 aliphatic carbocycles. The van der Waals surface area contributed by atoms with Gasteiger partial charge in [-0.1, -0.05) is 56.7 Å². The van der Waals surface area contributed by atoms with Crippen LogP contribution >= 0.6 is 11.3 Å². The van der Waals surface area contributed by atoms with Crippen molar-refractivity contribution in [2.45, 2.75) is 71.1 Å². The standard InChI is InChI=1S/C24H31NO3S/c1-2-28-24(27)21-19-16-12-7-5-3-4-6-8-13-17-20(19)29-23(21)25-22(26)18-14-10-9-11-15-18/h9-11,14-15H,2-8,12-13,16-17H2,1H3,(H,25,26). The Kier molecular flexibility index (Phi) is 8.29. The van der Waals surface area contributed by atoms with Gasteiger partial charge in [0.2, 0.25) is 0 Å². The average Bonchev–Trinajstić information content (AvgIpc) is 3.05. The fraction of sp³-hybridized carbons (Fsp3) is 0.500. The molecule has 1 N–H and O–H groups in total. The zero-order valence-electron chi connectivity index (χ0n) is 17.3. The third-order valence-electron chi connectivity index (χ3n) is 5.41. The minimum atomic E-state index is -0.319. The summed E-state index contributed by atoms with van der Waals surface area (Å²) in [6, 6.07) is 9.13. The van der Waals surface area contributed by atoms with Crippen LogP contribution in [-0.2, 0) is 17.6 Å². The second-order valence-electron chi connectivity index (χ2n) is 7.58. The molecule has 0 spiro atoms. The van der Waals surface area contributed by atoms with Gasteiger partial charge in [-0.05, 0) is 50.3 Å². The largest absolute Gasteiger partial charge is 0.462 e. The summed E-state index contributed by atoms with van der Waals surface area (Å²) < 4.78 is 5.37. The Bertz CT molecular complexity index is 813. The first-order chi connectivity index (χ1) is 14.2. The summed E-state index contributed by atoms with van der Waals surface area (Å²) in [6.45, 7) is 2.15. The molecule has 0 saturated carbocycles. The lowest BCUT2D eigenvalue weighted by Crippen LogP contribution is -2.15. The van der Waals surface area contributed by atoms with Crippen LogP contribution in [0.25, 0.3) is 0 Å². The number of aryl methyl sites for hydroxylation is 1. The maximum Gasteiger partial charge on any atom is 0.341 e. The van der Waals surface area contributed by atoms with Gasteiger partial charge in [0.05, 0.1) is 12.2 Å². The first-order valence-corrected chi connectivity index (χ1v) is 11.7. The molecule has 0 radical (unpaired) electrons. The molecular weight excluding hydrogens is 382 g/mol. The zero-order chi connectivity index (χ0) is 20.5. The highest BCUT2D eigenvalue weighted by Gasteiger charge is 2.25. The number of benzene rings is 1. The van der Waals surface area contributed by atoms with Gasteiger partial charge in [-0.2, -0.15) is 0 Å². The Morgan fingerprint density at radius 1 is 0.931 bits per heavy atom.